The van der Waals surface area contributed by atoms with Gasteiger partial charge in [0, 0.05) is 64.4 Å². The number of rotatable bonds is 8. The van der Waals surface area contributed by atoms with E-state index in [1.165, 1.54) is 0 Å². The number of benzene rings is 1. The number of ether oxygens (including phenoxy) is 2. The van der Waals surface area contributed by atoms with E-state index < -0.39 is 0 Å². The third-order valence-corrected chi connectivity index (χ3v) is 4.78. The lowest BCUT2D eigenvalue weighted by Crippen LogP contribution is -2.50. The molecule has 2 N–H and O–H groups in total. The van der Waals surface area contributed by atoms with Crippen molar-refractivity contribution in [2.45, 2.75) is 20.4 Å². The number of nitrogens with one attached hydrogen (secondary N) is 2. The lowest BCUT2D eigenvalue weighted by atomic mass is 10.2. The van der Waals surface area contributed by atoms with Crippen molar-refractivity contribution in [1.29, 1.82) is 0 Å². The minimum absolute atomic E-state index is 0.160. The van der Waals surface area contributed by atoms with Gasteiger partial charge in [0.05, 0.1) is 20.8 Å². The summed E-state index contributed by atoms with van der Waals surface area (Å²) >= 11 is 0. The van der Waals surface area contributed by atoms with Gasteiger partial charge in [0.2, 0.25) is 5.91 Å². The van der Waals surface area contributed by atoms with Gasteiger partial charge in [-0.05, 0) is 19.1 Å². The lowest BCUT2D eigenvalue weighted by Gasteiger charge is -2.34. The van der Waals surface area contributed by atoms with Gasteiger partial charge in [0.15, 0.2) is 5.96 Å². The second-order valence-corrected chi connectivity index (χ2v) is 6.65. The molecule has 1 amide bonds. The van der Waals surface area contributed by atoms with Crippen molar-refractivity contribution in [3.05, 3.63) is 23.8 Å². The molecule has 0 radical (unpaired) electrons. The second-order valence-electron chi connectivity index (χ2n) is 6.65. The molecule has 0 unspecified atom stereocenters. The van der Waals surface area contributed by atoms with Gasteiger partial charge in [-0.1, -0.05) is 0 Å². The van der Waals surface area contributed by atoms with E-state index in [1.807, 2.05) is 30.0 Å². The number of methoxy groups -OCH3 is 2. The minimum atomic E-state index is 0.160. The van der Waals surface area contributed by atoms with Crippen LogP contribution in [-0.4, -0.2) is 81.7 Å². The van der Waals surface area contributed by atoms with Crippen molar-refractivity contribution in [1.82, 2.24) is 20.4 Å². The summed E-state index contributed by atoms with van der Waals surface area (Å²) in [7, 11) is 3.29. The molecule has 0 aliphatic carbocycles. The highest BCUT2D eigenvalue weighted by atomic mass is 16.5. The highest BCUT2D eigenvalue weighted by Crippen LogP contribution is 2.25. The molecule has 28 heavy (non-hydrogen) atoms. The van der Waals surface area contributed by atoms with Crippen LogP contribution in [0.3, 0.4) is 0 Å². The molecule has 0 spiro atoms. The van der Waals surface area contributed by atoms with Crippen molar-refractivity contribution in [3.8, 4) is 11.5 Å². The zero-order valence-corrected chi connectivity index (χ0v) is 17.5. The quantitative estimate of drug-likeness (QED) is 0.507. The summed E-state index contributed by atoms with van der Waals surface area (Å²) in [5, 5.41) is 6.66. The smallest absolute Gasteiger partial charge is 0.219 e. The summed E-state index contributed by atoms with van der Waals surface area (Å²) in [4.78, 5) is 20.3. The van der Waals surface area contributed by atoms with Crippen LogP contribution in [0.1, 0.15) is 19.4 Å². The largest absolute Gasteiger partial charge is 0.497 e. The Morgan fingerprint density at radius 1 is 1.14 bits per heavy atom. The number of piperazine rings is 1. The Bertz CT molecular complexity index is 657. The van der Waals surface area contributed by atoms with E-state index in [1.54, 1.807) is 21.1 Å². The van der Waals surface area contributed by atoms with Crippen molar-refractivity contribution < 1.29 is 14.3 Å². The third kappa shape index (κ3) is 6.60. The van der Waals surface area contributed by atoms with E-state index in [0.29, 0.717) is 6.54 Å². The maximum Gasteiger partial charge on any atom is 0.219 e. The van der Waals surface area contributed by atoms with Crippen molar-refractivity contribution in [3.63, 3.8) is 0 Å². The number of aliphatic imine (C=N–C) groups is 1. The minimum Gasteiger partial charge on any atom is -0.497 e. The van der Waals surface area contributed by atoms with Gasteiger partial charge in [-0.3, -0.25) is 9.69 Å². The van der Waals surface area contributed by atoms with Crippen LogP contribution < -0.4 is 20.1 Å². The van der Waals surface area contributed by atoms with Crippen LogP contribution in [0.15, 0.2) is 23.2 Å². The fourth-order valence-corrected chi connectivity index (χ4v) is 3.11. The standard InChI is InChI=1S/C20H33N5O3/c1-5-21-20(22-8-9-24-10-12-25(13-11-24)16(2)26)23-15-17-6-7-18(27-3)14-19(17)28-4/h6-7,14H,5,8-13,15H2,1-4H3,(H2,21,22,23). The van der Waals surface area contributed by atoms with Gasteiger partial charge < -0.3 is 25.0 Å². The first kappa shape index (κ1) is 21.8. The van der Waals surface area contributed by atoms with Crippen LogP contribution >= 0.6 is 0 Å². The van der Waals surface area contributed by atoms with Gasteiger partial charge >= 0.3 is 0 Å². The average Bonchev–Trinajstić information content (AvgIpc) is 2.72. The molecule has 1 aliphatic rings. The number of amides is 1. The molecule has 1 heterocycles. The van der Waals surface area contributed by atoms with E-state index in [2.05, 4.69) is 20.5 Å². The molecule has 1 aromatic rings. The number of hydrogen-bond donors (Lipinski definition) is 2. The number of nitrogens with zero attached hydrogens (tertiary/aromatic N) is 3. The first-order chi connectivity index (χ1) is 13.6. The van der Waals surface area contributed by atoms with Crippen LogP contribution in [0.25, 0.3) is 0 Å². The van der Waals surface area contributed by atoms with E-state index in [0.717, 1.165) is 68.8 Å². The van der Waals surface area contributed by atoms with Crippen molar-refractivity contribution >= 4 is 11.9 Å². The molecule has 0 saturated carbocycles. The maximum atomic E-state index is 11.4. The van der Waals surface area contributed by atoms with Gasteiger partial charge in [-0.2, -0.15) is 0 Å². The third-order valence-electron chi connectivity index (χ3n) is 4.78. The SMILES string of the molecule is CCNC(=NCc1ccc(OC)cc1OC)NCCN1CCN(C(C)=O)CC1. The highest BCUT2D eigenvalue weighted by molar-refractivity contribution is 5.79. The molecule has 1 fully saturated rings. The molecular weight excluding hydrogens is 358 g/mol. The van der Waals surface area contributed by atoms with E-state index in [-0.39, 0.29) is 5.91 Å². The van der Waals surface area contributed by atoms with Crippen molar-refractivity contribution in [2.75, 3.05) is 60.0 Å². The molecule has 0 aromatic heterocycles. The molecule has 1 aromatic carbocycles. The molecule has 1 aliphatic heterocycles. The molecule has 0 bridgehead atoms. The first-order valence-corrected chi connectivity index (χ1v) is 9.78. The summed E-state index contributed by atoms with van der Waals surface area (Å²) in [6, 6.07) is 5.75. The van der Waals surface area contributed by atoms with E-state index in [9.17, 15) is 4.79 Å². The fourth-order valence-electron chi connectivity index (χ4n) is 3.11. The summed E-state index contributed by atoms with van der Waals surface area (Å²) in [6.45, 7) is 10.1. The van der Waals surface area contributed by atoms with Crippen LogP contribution in [0.5, 0.6) is 11.5 Å². The highest BCUT2D eigenvalue weighted by Gasteiger charge is 2.17. The topological polar surface area (TPSA) is 78.4 Å². The van der Waals surface area contributed by atoms with E-state index >= 15 is 0 Å². The summed E-state index contributed by atoms with van der Waals surface area (Å²) < 4.78 is 10.7. The molecule has 1 saturated heterocycles. The summed E-state index contributed by atoms with van der Waals surface area (Å²) in [5.41, 5.74) is 1.00. The Morgan fingerprint density at radius 2 is 1.89 bits per heavy atom. The van der Waals surface area contributed by atoms with Gasteiger partial charge in [0.25, 0.3) is 0 Å². The monoisotopic (exact) mass is 391 g/mol. The number of guanidine groups is 1. The van der Waals surface area contributed by atoms with E-state index in [4.69, 9.17) is 9.47 Å². The Morgan fingerprint density at radius 3 is 2.50 bits per heavy atom. The molecule has 156 valence electrons. The average molecular weight is 392 g/mol. The van der Waals surface area contributed by atoms with Gasteiger partial charge in [-0.15, -0.1) is 0 Å². The zero-order chi connectivity index (χ0) is 20.4. The normalized spacial score (nSPS) is 15.3. The number of hydrogen-bond acceptors (Lipinski definition) is 5. The molecule has 2 rings (SSSR count). The Hall–Kier alpha value is -2.48. The van der Waals surface area contributed by atoms with Crippen LogP contribution in [0, 0.1) is 0 Å². The summed E-state index contributed by atoms with van der Waals surface area (Å²) in [5.74, 6) is 2.47. The molecule has 8 heteroatoms. The number of carbonyl (C=O) groups is 1. The predicted molar refractivity (Wildman–Crippen MR) is 111 cm³/mol. The maximum absolute atomic E-state index is 11.4. The van der Waals surface area contributed by atoms with Crippen LogP contribution in [0.2, 0.25) is 0 Å². The van der Waals surface area contributed by atoms with Gasteiger partial charge in [-0.25, -0.2) is 4.99 Å². The van der Waals surface area contributed by atoms with Crippen LogP contribution in [-0.2, 0) is 11.3 Å². The molecular formula is C20H33N5O3. The lowest BCUT2D eigenvalue weighted by molar-refractivity contribution is -0.130. The number of carbonyl (C=O) groups excluding carboxylic acids is 1. The molecule has 8 nitrogen and oxygen atoms in total. The van der Waals surface area contributed by atoms with Crippen molar-refractivity contribution in [2.24, 2.45) is 4.99 Å². The van der Waals surface area contributed by atoms with Crippen LogP contribution in [0.4, 0.5) is 0 Å². The van der Waals surface area contributed by atoms with Gasteiger partial charge in [0.1, 0.15) is 11.5 Å². The zero-order valence-electron chi connectivity index (χ0n) is 17.5. The fraction of sp³-hybridized carbons (Fsp3) is 0.600. The Balaban J connectivity index is 1.85. The second kappa shape index (κ2) is 11.4. The Kier molecular flexibility index (Phi) is 8.87. The molecule has 0 atom stereocenters. The summed E-state index contributed by atoms with van der Waals surface area (Å²) in [6.07, 6.45) is 0. The first-order valence-electron chi connectivity index (χ1n) is 9.78. The predicted octanol–water partition coefficient (Wildman–Crippen LogP) is 0.923. The Labute approximate surface area is 167 Å².